The van der Waals surface area contributed by atoms with Crippen LogP contribution in [0.3, 0.4) is 0 Å². The molecule has 2 N–H and O–H groups in total. The molecule has 0 radical (unpaired) electrons. The molecule has 0 saturated heterocycles. The number of hydrogen-bond acceptors (Lipinski definition) is 3. The van der Waals surface area contributed by atoms with Gasteiger partial charge in [0.05, 0.1) is 5.60 Å². The van der Waals surface area contributed by atoms with E-state index < -0.39 is 11.2 Å². The lowest BCUT2D eigenvalue weighted by atomic mass is 9.90. The van der Waals surface area contributed by atoms with Crippen LogP contribution in [-0.4, -0.2) is 16.3 Å². The Morgan fingerprint density at radius 1 is 1.25 bits per heavy atom. The van der Waals surface area contributed by atoms with Crippen molar-refractivity contribution < 1.29 is 9.94 Å². The Morgan fingerprint density at radius 2 is 1.75 bits per heavy atom. The Bertz CT molecular complexity index is 156. The van der Waals surface area contributed by atoms with E-state index in [1.54, 1.807) is 20.0 Å². The Balaban J connectivity index is 4.05. The van der Waals surface area contributed by atoms with E-state index in [1.165, 1.54) is 0 Å². The fraction of sp³-hybridized carbons (Fsp3) is 0.778. The van der Waals surface area contributed by atoms with E-state index in [0.29, 0.717) is 0 Å². The zero-order valence-electron chi connectivity index (χ0n) is 8.51. The number of allylic oxidation sites excluding steroid dienone is 1. The van der Waals surface area contributed by atoms with Crippen molar-refractivity contribution in [3.05, 3.63) is 12.3 Å². The van der Waals surface area contributed by atoms with Gasteiger partial charge in [-0.2, -0.15) is 0 Å². The van der Waals surface area contributed by atoms with E-state index >= 15 is 0 Å². The van der Waals surface area contributed by atoms with Crippen molar-refractivity contribution in [1.29, 1.82) is 0 Å². The van der Waals surface area contributed by atoms with Crippen LogP contribution in [0.4, 0.5) is 0 Å². The molecule has 3 heteroatoms. The van der Waals surface area contributed by atoms with Gasteiger partial charge in [-0.15, -0.1) is 0 Å². The molecular formula is C9H19NO2. The SMILES string of the molecule is C/C=C/NOC(C)(C)C(C)(C)O. The van der Waals surface area contributed by atoms with E-state index in [9.17, 15) is 5.11 Å². The fourth-order valence-corrected chi connectivity index (χ4v) is 0.374. The van der Waals surface area contributed by atoms with Crippen LogP contribution in [-0.2, 0) is 4.84 Å². The summed E-state index contributed by atoms with van der Waals surface area (Å²) >= 11 is 0. The normalized spacial score (nSPS) is 13.8. The zero-order valence-corrected chi connectivity index (χ0v) is 8.51. The molecule has 0 heterocycles. The number of hydrogen-bond donors (Lipinski definition) is 2. The molecule has 72 valence electrons. The molecule has 0 fully saturated rings. The zero-order chi connectivity index (χ0) is 9.83. The smallest absolute Gasteiger partial charge is 0.118 e. The molecule has 0 aliphatic heterocycles. The minimum Gasteiger partial charge on any atom is -0.387 e. The first-order chi connectivity index (χ1) is 5.31. The van der Waals surface area contributed by atoms with Crippen molar-refractivity contribution in [3.63, 3.8) is 0 Å². The van der Waals surface area contributed by atoms with E-state index in [2.05, 4.69) is 5.48 Å². The van der Waals surface area contributed by atoms with Crippen LogP contribution in [0.25, 0.3) is 0 Å². The number of aliphatic hydroxyl groups is 1. The third-order valence-corrected chi connectivity index (χ3v) is 2.02. The van der Waals surface area contributed by atoms with Gasteiger partial charge in [-0.3, -0.25) is 10.3 Å². The Kier molecular flexibility index (Phi) is 3.74. The lowest BCUT2D eigenvalue weighted by Gasteiger charge is -2.35. The van der Waals surface area contributed by atoms with Crippen molar-refractivity contribution in [2.24, 2.45) is 0 Å². The van der Waals surface area contributed by atoms with Crippen LogP contribution in [0.1, 0.15) is 34.6 Å². The van der Waals surface area contributed by atoms with Gasteiger partial charge in [-0.25, -0.2) is 0 Å². The van der Waals surface area contributed by atoms with Crippen LogP contribution in [0.5, 0.6) is 0 Å². The van der Waals surface area contributed by atoms with Crippen molar-refractivity contribution in [3.8, 4) is 0 Å². The van der Waals surface area contributed by atoms with Crippen molar-refractivity contribution in [2.45, 2.75) is 45.8 Å². The number of rotatable bonds is 4. The van der Waals surface area contributed by atoms with Gasteiger partial charge in [0, 0.05) is 6.20 Å². The minimum absolute atomic E-state index is 0.619. The van der Waals surface area contributed by atoms with Gasteiger partial charge in [-0.05, 0) is 34.6 Å². The summed E-state index contributed by atoms with van der Waals surface area (Å²) in [7, 11) is 0. The third kappa shape index (κ3) is 3.24. The van der Waals surface area contributed by atoms with Gasteiger partial charge in [0.2, 0.25) is 0 Å². The average molecular weight is 173 g/mol. The van der Waals surface area contributed by atoms with E-state index in [0.717, 1.165) is 0 Å². The second-order valence-corrected chi connectivity index (χ2v) is 3.79. The Labute approximate surface area is 74.4 Å². The van der Waals surface area contributed by atoms with Crippen LogP contribution in [0.15, 0.2) is 12.3 Å². The fourth-order valence-electron chi connectivity index (χ4n) is 0.374. The topological polar surface area (TPSA) is 41.5 Å². The highest BCUT2D eigenvalue weighted by Crippen LogP contribution is 2.23. The monoisotopic (exact) mass is 173 g/mol. The molecule has 12 heavy (non-hydrogen) atoms. The molecule has 0 atom stereocenters. The maximum Gasteiger partial charge on any atom is 0.118 e. The first-order valence-corrected chi connectivity index (χ1v) is 4.08. The third-order valence-electron chi connectivity index (χ3n) is 2.02. The Hall–Kier alpha value is -0.540. The summed E-state index contributed by atoms with van der Waals surface area (Å²) in [4.78, 5) is 5.25. The average Bonchev–Trinajstić information content (AvgIpc) is 1.85. The highest BCUT2D eigenvalue weighted by atomic mass is 16.7. The molecule has 0 aromatic carbocycles. The maximum atomic E-state index is 9.66. The van der Waals surface area contributed by atoms with Crippen LogP contribution in [0.2, 0.25) is 0 Å². The number of hydroxylamine groups is 1. The molecule has 0 aromatic heterocycles. The first kappa shape index (κ1) is 11.5. The Morgan fingerprint density at radius 3 is 2.08 bits per heavy atom. The van der Waals surface area contributed by atoms with E-state index in [4.69, 9.17) is 4.84 Å². The van der Waals surface area contributed by atoms with Crippen LogP contribution in [0, 0.1) is 0 Å². The summed E-state index contributed by atoms with van der Waals surface area (Å²) in [6.45, 7) is 8.95. The summed E-state index contributed by atoms with van der Waals surface area (Å²) in [6, 6.07) is 0. The molecule has 0 unspecified atom stereocenters. The second kappa shape index (κ2) is 3.92. The first-order valence-electron chi connectivity index (χ1n) is 4.08. The quantitative estimate of drug-likeness (QED) is 0.634. The van der Waals surface area contributed by atoms with E-state index in [-0.39, 0.29) is 0 Å². The molecule has 0 rings (SSSR count). The van der Waals surface area contributed by atoms with Crippen molar-refractivity contribution in [1.82, 2.24) is 5.48 Å². The van der Waals surface area contributed by atoms with Gasteiger partial charge in [-0.1, -0.05) is 6.08 Å². The van der Waals surface area contributed by atoms with Gasteiger partial charge >= 0.3 is 0 Å². The molecule has 0 aliphatic rings. The maximum absolute atomic E-state index is 9.66. The van der Waals surface area contributed by atoms with E-state index in [1.807, 2.05) is 26.8 Å². The van der Waals surface area contributed by atoms with Gasteiger partial charge in [0.1, 0.15) is 5.60 Å². The van der Waals surface area contributed by atoms with Gasteiger partial charge < -0.3 is 5.11 Å². The largest absolute Gasteiger partial charge is 0.387 e. The van der Waals surface area contributed by atoms with Gasteiger partial charge in [0.25, 0.3) is 0 Å². The minimum atomic E-state index is -0.873. The summed E-state index contributed by atoms with van der Waals surface area (Å²) < 4.78 is 0. The van der Waals surface area contributed by atoms with Gasteiger partial charge in [0.15, 0.2) is 0 Å². The molecule has 0 bridgehead atoms. The lowest BCUT2D eigenvalue weighted by Crippen LogP contribution is -2.49. The molecule has 0 aliphatic carbocycles. The molecule has 0 aromatic rings. The summed E-state index contributed by atoms with van der Waals surface area (Å²) in [5.74, 6) is 0. The lowest BCUT2D eigenvalue weighted by molar-refractivity contribution is -0.173. The summed E-state index contributed by atoms with van der Waals surface area (Å²) in [6.07, 6.45) is 3.49. The van der Waals surface area contributed by atoms with Crippen LogP contribution < -0.4 is 5.48 Å². The summed E-state index contributed by atoms with van der Waals surface area (Å²) in [5, 5.41) is 9.66. The predicted octanol–water partition coefficient (Wildman–Crippen LogP) is 1.59. The summed E-state index contributed by atoms with van der Waals surface area (Å²) in [5.41, 5.74) is 1.15. The molecule has 0 spiro atoms. The molecule has 3 nitrogen and oxygen atoms in total. The molecule has 0 saturated carbocycles. The highest BCUT2D eigenvalue weighted by Gasteiger charge is 2.36. The predicted molar refractivity (Wildman–Crippen MR) is 49.4 cm³/mol. The highest BCUT2D eigenvalue weighted by molar-refractivity contribution is 4.87. The van der Waals surface area contributed by atoms with Crippen LogP contribution >= 0.6 is 0 Å². The van der Waals surface area contributed by atoms with Crippen molar-refractivity contribution >= 4 is 0 Å². The molecular weight excluding hydrogens is 154 g/mol. The second-order valence-electron chi connectivity index (χ2n) is 3.79. The number of nitrogens with one attached hydrogen (secondary N) is 1. The standard InChI is InChI=1S/C9H19NO2/c1-6-7-10-12-9(4,5)8(2,3)11/h6-7,10-11H,1-5H3/b7-6+. The van der Waals surface area contributed by atoms with Crippen molar-refractivity contribution in [2.75, 3.05) is 0 Å². The molecule has 0 amide bonds.